The number of carbonyl (C=O) groups excluding carboxylic acids is 1. The van der Waals surface area contributed by atoms with Crippen LogP contribution in [0.1, 0.15) is 31.1 Å². The normalized spacial score (nSPS) is 11.4. The van der Waals surface area contributed by atoms with Crippen LogP contribution in [-0.2, 0) is 4.74 Å². The number of halogens is 2. The van der Waals surface area contributed by atoms with Crippen LogP contribution in [0.15, 0.2) is 30.6 Å². The van der Waals surface area contributed by atoms with E-state index in [1.165, 1.54) is 0 Å². The van der Waals surface area contributed by atoms with Gasteiger partial charge in [0.15, 0.2) is 0 Å². The zero-order valence-electron chi connectivity index (χ0n) is 11.5. The number of benzene rings is 1. The standard InChI is InChI=1S/C15H15Cl2NO2/c1-15(2,3)20-14(19)12-8-18-7-11(12)10-5-4-9(16)6-13(10)17/h4-8,18H,1-3H3. The molecule has 0 aliphatic carbocycles. The second kappa shape index (κ2) is 5.51. The molecule has 1 aromatic carbocycles. The summed E-state index contributed by atoms with van der Waals surface area (Å²) < 4.78 is 5.38. The van der Waals surface area contributed by atoms with Gasteiger partial charge in [-0.15, -0.1) is 0 Å². The second-order valence-corrected chi connectivity index (χ2v) is 6.25. The molecule has 0 fully saturated rings. The molecule has 0 aliphatic rings. The first-order valence-electron chi connectivity index (χ1n) is 6.13. The van der Waals surface area contributed by atoms with E-state index in [4.69, 9.17) is 27.9 Å². The highest BCUT2D eigenvalue weighted by Crippen LogP contribution is 2.33. The number of aromatic amines is 1. The first kappa shape index (κ1) is 14.9. The highest BCUT2D eigenvalue weighted by Gasteiger charge is 2.22. The molecular formula is C15H15Cl2NO2. The Bertz CT molecular complexity index is 642. The lowest BCUT2D eigenvalue weighted by Crippen LogP contribution is -2.23. The molecule has 0 amide bonds. The first-order chi connectivity index (χ1) is 9.28. The summed E-state index contributed by atoms with van der Waals surface area (Å²) in [4.78, 5) is 15.1. The zero-order chi connectivity index (χ0) is 14.9. The molecule has 0 radical (unpaired) electrons. The fourth-order valence-corrected chi connectivity index (χ4v) is 2.31. The highest BCUT2D eigenvalue weighted by atomic mass is 35.5. The minimum absolute atomic E-state index is 0.389. The number of nitrogens with one attached hydrogen (secondary N) is 1. The molecule has 5 heteroatoms. The van der Waals surface area contributed by atoms with Gasteiger partial charge in [0.2, 0.25) is 0 Å². The summed E-state index contributed by atoms with van der Waals surface area (Å²) in [7, 11) is 0. The summed E-state index contributed by atoms with van der Waals surface area (Å²) in [5.41, 5.74) is 1.33. The quantitative estimate of drug-likeness (QED) is 0.798. The first-order valence-corrected chi connectivity index (χ1v) is 6.89. The van der Waals surface area contributed by atoms with E-state index >= 15 is 0 Å². The molecule has 106 valence electrons. The molecule has 1 N–H and O–H groups in total. The van der Waals surface area contributed by atoms with E-state index in [-0.39, 0.29) is 5.97 Å². The smallest absolute Gasteiger partial charge is 0.340 e. The van der Waals surface area contributed by atoms with Gasteiger partial charge in [0.05, 0.1) is 5.56 Å². The number of hydrogen-bond acceptors (Lipinski definition) is 2. The summed E-state index contributed by atoms with van der Waals surface area (Å²) >= 11 is 12.1. The Labute approximate surface area is 127 Å². The molecule has 0 atom stereocenters. The van der Waals surface area contributed by atoms with Gasteiger partial charge in [0.1, 0.15) is 5.60 Å². The fourth-order valence-electron chi connectivity index (χ4n) is 1.80. The number of rotatable bonds is 2. The number of carbonyl (C=O) groups is 1. The predicted octanol–water partition coefficient (Wildman–Crippen LogP) is 4.94. The lowest BCUT2D eigenvalue weighted by Gasteiger charge is -2.19. The average molecular weight is 312 g/mol. The monoisotopic (exact) mass is 311 g/mol. The maximum absolute atomic E-state index is 12.2. The van der Waals surface area contributed by atoms with Crippen molar-refractivity contribution in [3.05, 3.63) is 46.2 Å². The van der Waals surface area contributed by atoms with E-state index in [9.17, 15) is 4.79 Å². The molecule has 1 heterocycles. The molecule has 20 heavy (non-hydrogen) atoms. The summed E-state index contributed by atoms with van der Waals surface area (Å²) in [6, 6.07) is 5.15. The summed E-state index contributed by atoms with van der Waals surface area (Å²) in [6.07, 6.45) is 3.32. The van der Waals surface area contributed by atoms with E-state index in [0.29, 0.717) is 21.2 Å². The molecule has 0 bridgehead atoms. The molecule has 0 spiro atoms. The summed E-state index contributed by atoms with van der Waals surface area (Å²) in [5, 5.41) is 1.04. The van der Waals surface area contributed by atoms with Crippen LogP contribution in [0.2, 0.25) is 10.0 Å². The third kappa shape index (κ3) is 3.35. The van der Waals surface area contributed by atoms with E-state index in [0.717, 1.165) is 5.56 Å². The second-order valence-electron chi connectivity index (χ2n) is 5.41. The molecule has 0 saturated carbocycles. The van der Waals surface area contributed by atoms with E-state index < -0.39 is 5.60 Å². The van der Waals surface area contributed by atoms with Crippen molar-refractivity contribution in [2.24, 2.45) is 0 Å². The Morgan fingerprint density at radius 3 is 2.45 bits per heavy atom. The van der Waals surface area contributed by atoms with Gasteiger partial charge in [-0.25, -0.2) is 4.79 Å². The number of H-pyrrole nitrogens is 1. The Morgan fingerprint density at radius 1 is 1.15 bits per heavy atom. The summed E-state index contributed by atoms with van der Waals surface area (Å²) in [5.74, 6) is -0.389. The van der Waals surface area contributed by atoms with Gasteiger partial charge in [-0.05, 0) is 32.9 Å². The molecule has 2 aromatic rings. The van der Waals surface area contributed by atoms with Crippen LogP contribution in [0.3, 0.4) is 0 Å². The van der Waals surface area contributed by atoms with Crippen molar-refractivity contribution in [3.63, 3.8) is 0 Å². The van der Waals surface area contributed by atoms with Gasteiger partial charge in [-0.1, -0.05) is 29.3 Å². The van der Waals surface area contributed by atoms with Gasteiger partial charge >= 0.3 is 5.97 Å². The van der Waals surface area contributed by atoms with Crippen molar-refractivity contribution >= 4 is 29.2 Å². The van der Waals surface area contributed by atoms with Gasteiger partial charge in [0, 0.05) is 33.6 Å². The summed E-state index contributed by atoms with van der Waals surface area (Å²) in [6.45, 7) is 5.48. The SMILES string of the molecule is CC(C)(C)OC(=O)c1c[nH]cc1-c1ccc(Cl)cc1Cl. The Hall–Kier alpha value is -1.45. The van der Waals surface area contributed by atoms with E-state index in [1.54, 1.807) is 30.6 Å². The third-order valence-electron chi connectivity index (χ3n) is 2.59. The largest absolute Gasteiger partial charge is 0.456 e. The minimum atomic E-state index is -0.546. The number of ether oxygens (including phenoxy) is 1. The van der Waals surface area contributed by atoms with Crippen LogP contribution in [0.25, 0.3) is 11.1 Å². The maximum Gasteiger partial charge on any atom is 0.340 e. The van der Waals surface area contributed by atoms with Crippen molar-refractivity contribution in [2.75, 3.05) is 0 Å². The van der Waals surface area contributed by atoms with Crippen molar-refractivity contribution in [3.8, 4) is 11.1 Å². The third-order valence-corrected chi connectivity index (χ3v) is 3.13. The Kier molecular flexibility index (Phi) is 4.11. The van der Waals surface area contributed by atoms with Crippen LogP contribution in [0, 0.1) is 0 Å². The lowest BCUT2D eigenvalue weighted by atomic mass is 10.0. The van der Waals surface area contributed by atoms with Gasteiger partial charge < -0.3 is 9.72 Å². The highest BCUT2D eigenvalue weighted by molar-refractivity contribution is 6.36. The average Bonchev–Trinajstić information content (AvgIpc) is 2.75. The molecular weight excluding hydrogens is 297 g/mol. The van der Waals surface area contributed by atoms with Crippen LogP contribution < -0.4 is 0 Å². The van der Waals surface area contributed by atoms with Crippen LogP contribution in [-0.4, -0.2) is 16.6 Å². The van der Waals surface area contributed by atoms with E-state index in [2.05, 4.69) is 4.98 Å². The zero-order valence-corrected chi connectivity index (χ0v) is 13.0. The van der Waals surface area contributed by atoms with Crippen molar-refractivity contribution in [2.45, 2.75) is 26.4 Å². The number of aromatic nitrogens is 1. The van der Waals surface area contributed by atoms with E-state index in [1.807, 2.05) is 20.8 Å². The minimum Gasteiger partial charge on any atom is -0.456 e. The molecule has 2 rings (SSSR count). The van der Waals surface area contributed by atoms with Gasteiger partial charge in [-0.3, -0.25) is 0 Å². The van der Waals surface area contributed by atoms with Crippen LogP contribution in [0.4, 0.5) is 0 Å². The number of hydrogen-bond donors (Lipinski definition) is 1. The molecule has 0 aliphatic heterocycles. The van der Waals surface area contributed by atoms with Crippen molar-refractivity contribution < 1.29 is 9.53 Å². The fraction of sp³-hybridized carbons (Fsp3) is 0.267. The maximum atomic E-state index is 12.2. The Morgan fingerprint density at radius 2 is 1.85 bits per heavy atom. The molecule has 0 saturated heterocycles. The predicted molar refractivity (Wildman–Crippen MR) is 81.4 cm³/mol. The lowest BCUT2D eigenvalue weighted by molar-refractivity contribution is 0.00707. The van der Waals surface area contributed by atoms with Crippen molar-refractivity contribution in [1.29, 1.82) is 0 Å². The molecule has 0 unspecified atom stereocenters. The van der Waals surface area contributed by atoms with Crippen molar-refractivity contribution in [1.82, 2.24) is 4.98 Å². The topological polar surface area (TPSA) is 42.1 Å². The van der Waals surface area contributed by atoms with Gasteiger partial charge in [0.25, 0.3) is 0 Å². The Balaban J connectivity index is 2.40. The molecule has 3 nitrogen and oxygen atoms in total. The van der Waals surface area contributed by atoms with Gasteiger partial charge in [-0.2, -0.15) is 0 Å². The number of esters is 1. The molecule has 1 aromatic heterocycles. The van der Waals surface area contributed by atoms with Crippen LogP contribution in [0.5, 0.6) is 0 Å². The van der Waals surface area contributed by atoms with Crippen LogP contribution >= 0.6 is 23.2 Å².